The Bertz CT molecular complexity index is 234. The molecule has 1 saturated heterocycles. The molecule has 15 heavy (non-hydrogen) atoms. The Morgan fingerprint density at radius 1 is 1.40 bits per heavy atom. The van der Waals surface area contributed by atoms with E-state index in [9.17, 15) is 0 Å². The van der Waals surface area contributed by atoms with E-state index in [4.69, 9.17) is 9.16 Å². The summed E-state index contributed by atoms with van der Waals surface area (Å²) >= 11 is 0. The van der Waals surface area contributed by atoms with E-state index < -0.39 is 8.32 Å². The fourth-order valence-corrected chi connectivity index (χ4v) is 2.47. The van der Waals surface area contributed by atoms with Crippen molar-refractivity contribution in [1.82, 2.24) is 0 Å². The minimum absolute atomic E-state index is 0.138. The van der Waals surface area contributed by atoms with Gasteiger partial charge in [0.1, 0.15) is 11.9 Å². The number of rotatable bonds is 3. The second kappa shape index (κ2) is 4.30. The van der Waals surface area contributed by atoms with Crippen LogP contribution in [0.2, 0.25) is 18.1 Å². The van der Waals surface area contributed by atoms with Gasteiger partial charge in [0, 0.05) is 6.61 Å². The molecule has 88 valence electrons. The average Bonchev–Trinajstić information content (AvgIpc) is 2.51. The first-order valence-corrected chi connectivity index (χ1v) is 8.64. The van der Waals surface area contributed by atoms with Crippen LogP contribution in [-0.2, 0) is 9.16 Å². The smallest absolute Gasteiger partial charge is 0.250 e. The molecule has 1 aliphatic rings. The fourth-order valence-electron chi connectivity index (χ4n) is 1.38. The lowest BCUT2D eigenvalue weighted by atomic mass is 10.2. The molecule has 0 saturated carbocycles. The van der Waals surface area contributed by atoms with Crippen molar-refractivity contribution in [3.05, 3.63) is 12.3 Å². The molecule has 0 spiro atoms. The fraction of sp³-hybridized carbons (Fsp3) is 0.833. The maximum Gasteiger partial charge on any atom is 0.250 e. The number of hydrogen-bond acceptors (Lipinski definition) is 2. The van der Waals surface area contributed by atoms with Crippen LogP contribution in [-0.4, -0.2) is 21.0 Å². The summed E-state index contributed by atoms with van der Waals surface area (Å²) in [6.45, 7) is 16.1. The van der Waals surface area contributed by atoms with E-state index in [1.165, 1.54) is 0 Å². The van der Waals surface area contributed by atoms with E-state index in [2.05, 4.69) is 40.4 Å². The zero-order chi connectivity index (χ0) is 11.7. The van der Waals surface area contributed by atoms with Gasteiger partial charge in [-0.25, -0.2) is 0 Å². The molecule has 1 heterocycles. The van der Waals surface area contributed by atoms with Gasteiger partial charge < -0.3 is 9.16 Å². The van der Waals surface area contributed by atoms with E-state index in [-0.39, 0.29) is 11.1 Å². The molecule has 3 heteroatoms. The summed E-state index contributed by atoms with van der Waals surface area (Å²) in [5, 5.41) is 0.231. The predicted octanol–water partition coefficient (Wildman–Crippen LogP) is 3.70. The minimum atomic E-state index is -1.72. The molecule has 0 amide bonds. The highest BCUT2D eigenvalue weighted by molar-refractivity contribution is 6.74. The second-order valence-corrected chi connectivity index (χ2v) is 10.6. The maximum atomic E-state index is 6.11. The molecule has 2 nitrogen and oxygen atoms in total. The third-order valence-electron chi connectivity index (χ3n) is 3.48. The summed E-state index contributed by atoms with van der Waals surface area (Å²) in [5.41, 5.74) is 0. The lowest BCUT2D eigenvalue weighted by Gasteiger charge is -2.38. The summed E-state index contributed by atoms with van der Waals surface area (Å²) in [6.07, 6.45) is 2.33. The molecule has 1 atom stereocenters. The Balaban J connectivity index is 2.57. The van der Waals surface area contributed by atoms with Crippen LogP contribution in [0.1, 0.15) is 33.6 Å². The van der Waals surface area contributed by atoms with Gasteiger partial charge in [0.05, 0.1) is 0 Å². The zero-order valence-corrected chi connectivity index (χ0v) is 11.7. The van der Waals surface area contributed by atoms with Crippen LogP contribution in [0.25, 0.3) is 0 Å². The minimum Gasteiger partial charge on any atom is -0.545 e. The first-order chi connectivity index (χ1) is 6.74. The van der Waals surface area contributed by atoms with E-state index >= 15 is 0 Å². The monoisotopic (exact) mass is 228 g/mol. The summed E-state index contributed by atoms with van der Waals surface area (Å²) in [5.74, 6) is 0.846. The highest BCUT2D eigenvalue weighted by Gasteiger charge is 2.40. The molecule has 1 fully saturated rings. The van der Waals surface area contributed by atoms with Crippen LogP contribution in [0.15, 0.2) is 12.3 Å². The van der Waals surface area contributed by atoms with Gasteiger partial charge in [-0.1, -0.05) is 27.4 Å². The van der Waals surface area contributed by atoms with Crippen molar-refractivity contribution in [2.75, 3.05) is 6.61 Å². The van der Waals surface area contributed by atoms with Gasteiger partial charge in [0.25, 0.3) is 0 Å². The highest BCUT2D eigenvalue weighted by atomic mass is 28.4. The first kappa shape index (κ1) is 12.8. The second-order valence-electron chi connectivity index (χ2n) is 5.83. The summed E-state index contributed by atoms with van der Waals surface area (Å²) in [7, 11) is -1.72. The van der Waals surface area contributed by atoms with Crippen molar-refractivity contribution in [2.24, 2.45) is 0 Å². The molecule has 0 aromatic rings. The van der Waals surface area contributed by atoms with E-state index in [1.54, 1.807) is 0 Å². The normalized spacial score (nSPS) is 22.9. The predicted molar refractivity (Wildman–Crippen MR) is 66.4 cm³/mol. The van der Waals surface area contributed by atoms with E-state index in [1.807, 2.05) is 0 Å². The lowest BCUT2D eigenvalue weighted by molar-refractivity contribution is 0.104. The van der Waals surface area contributed by atoms with Crippen LogP contribution in [0, 0.1) is 0 Å². The average molecular weight is 228 g/mol. The van der Waals surface area contributed by atoms with Gasteiger partial charge in [0.15, 0.2) is 0 Å². The molecular formula is C12H24O2Si. The van der Waals surface area contributed by atoms with Gasteiger partial charge in [0.2, 0.25) is 8.32 Å². The summed E-state index contributed by atoms with van der Waals surface area (Å²) < 4.78 is 11.7. The molecule has 0 bridgehead atoms. The Hall–Kier alpha value is -0.283. The summed E-state index contributed by atoms with van der Waals surface area (Å²) in [4.78, 5) is 0. The maximum absolute atomic E-state index is 6.11. The molecule has 1 rings (SSSR count). The van der Waals surface area contributed by atoms with Gasteiger partial charge in [-0.3, -0.25) is 0 Å². The molecule has 0 aliphatic carbocycles. The highest BCUT2D eigenvalue weighted by Crippen LogP contribution is 2.38. The van der Waals surface area contributed by atoms with Crippen molar-refractivity contribution < 1.29 is 9.16 Å². The third kappa shape index (κ3) is 3.08. The van der Waals surface area contributed by atoms with Crippen LogP contribution >= 0.6 is 0 Å². The van der Waals surface area contributed by atoms with Crippen LogP contribution in [0.3, 0.4) is 0 Å². The van der Waals surface area contributed by atoms with Crippen LogP contribution < -0.4 is 0 Å². The van der Waals surface area contributed by atoms with Crippen molar-refractivity contribution in [1.29, 1.82) is 0 Å². The van der Waals surface area contributed by atoms with Crippen molar-refractivity contribution in [3.8, 4) is 0 Å². The van der Waals surface area contributed by atoms with Crippen molar-refractivity contribution in [2.45, 2.75) is 57.8 Å². The SMILES string of the molecule is C=C(O[Si](C)(C)C(C)(C)C)[C@@H]1CCCO1. The molecule has 0 N–H and O–H groups in total. The van der Waals surface area contributed by atoms with E-state index in [0.717, 1.165) is 25.2 Å². The van der Waals surface area contributed by atoms with E-state index in [0.29, 0.717) is 0 Å². The van der Waals surface area contributed by atoms with Crippen molar-refractivity contribution >= 4 is 8.32 Å². The largest absolute Gasteiger partial charge is 0.545 e. The molecular weight excluding hydrogens is 204 g/mol. The van der Waals surface area contributed by atoms with Gasteiger partial charge >= 0.3 is 0 Å². The van der Waals surface area contributed by atoms with Gasteiger partial charge in [-0.2, -0.15) is 0 Å². The third-order valence-corrected chi connectivity index (χ3v) is 7.87. The molecule has 0 aromatic heterocycles. The Kier molecular flexibility index (Phi) is 3.66. The standard InChI is InChI=1S/C12H24O2Si/c1-10(11-8-7-9-13-11)14-15(5,6)12(2,3)4/h11H,1,7-9H2,2-6H3/t11-/m0/s1. The zero-order valence-electron chi connectivity index (χ0n) is 10.7. The first-order valence-electron chi connectivity index (χ1n) is 5.73. The Morgan fingerprint density at radius 3 is 2.40 bits per heavy atom. The number of ether oxygens (including phenoxy) is 1. The van der Waals surface area contributed by atoms with Crippen LogP contribution in [0.5, 0.6) is 0 Å². The van der Waals surface area contributed by atoms with Crippen LogP contribution in [0.4, 0.5) is 0 Å². The topological polar surface area (TPSA) is 18.5 Å². The molecule has 0 unspecified atom stereocenters. The lowest BCUT2D eigenvalue weighted by Crippen LogP contribution is -2.41. The van der Waals surface area contributed by atoms with Crippen molar-refractivity contribution in [3.63, 3.8) is 0 Å². The Labute approximate surface area is 94.8 Å². The number of hydrogen-bond donors (Lipinski definition) is 0. The molecule has 0 aromatic carbocycles. The van der Waals surface area contributed by atoms with Gasteiger partial charge in [-0.15, -0.1) is 0 Å². The quantitative estimate of drug-likeness (QED) is 0.541. The molecule has 0 radical (unpaired) electrons. The molecule has 1 aliphatic heterocycles. The van der Waals surface area contributed by atoms with Gasteiger partial charge in [-0.05, 0) is 31.0 Å². The summed E-state index contributed by atoms with van der Waals surface area (Å²) in [6, 6.07) is 0. The Morgan fingerprint density at radius 2 is 2.00 bits per heavy atom.